The summed E-state index contributed by atoms with van der Waals surface area (Å²) in [6.45, 7) is 3.01. The van der Waals surface area contributed by atoms with E-state index in [0.717, 1.165) is 0 Å². The zero-order chi connectivity index (χ0) is 15.7. The minimum absolute atomic E-state index is 0.0366. The summed E-state index contributed by atoms with van der Waals surface area (Å²) in [6, 6.07) is 6.31. The Bertz CT molecular complexity index is 732. The maximum absolute atomic E-state index is 13.4. The number of nitrogens with zero attached hydrogens (tertiary/aromatic N) is 1. The number of allylic oxidation sites excluding steroid dienone is 3. The minimum atomic E-state index is -0.654. The molecule has 0 radical (unpaired) electrons. The predicted octanol–water partition coefficient (Wildman–Crippen LogP) is 3.26. The van der Waals surface area contributed by atoms with Crippen LogP contribution in [0.5, 0.6) is 0 Å². The number of benzene rings is 1. The highest BCUT2D eigenvalue weighted by Crippen LogP contribution is 2.40. The van der Waals surface area contributed by atoms with Gasteiger partial charge in [-0.3, -0.25) is 4.79 Å². The fourth-order valence-electron chi connectivity index (χ4n) is 2.36. The average Bonchev–Trinajstić information content (AvgIpc) is 2.40. The van der Waals surface area contributed by atoms with Gasteiger partial charge in [0.1, 0.15) is 23.2 Å². The number of carbonyl (C=O) groups excluding carboxylic acids is 1. The predicted molar refractivity (Wildman–Crippen MR) is 78.1 cm³/mol. The first kappa shape index (κ1) is 15.3. The Labute approximate surface area is 129 Å². The molecule has 0 spiro atoms. The number of ether oxygens (including phenoxy) is 1. The van der Waals surface area contributed by atoms with E-state index in [1.165, 1.54) is 25.1 Å². The van der Waals surface area contributed by atoms with Gasteiger partial charge >= 0.3 is 0 Å². The molecule has 0 aromatic heterocycles. The molecular formula is C15H12BrFN2O2. The van der Waals surface area contributed by atoms with E-state index in [4.69, 9.17) is 10.5 Å². The summed E-state index contributed by atoms with van der Waals surface area (Å²) < 4.78 is 18.9. The highest BCUT2D eigenvalue weighted by Gasteiger charge is 2.33. The second-order valence-electron chi connectivity index (χ2n) is 4.62. The highest BCUT2D eigenvalue weighted by molar-refractivity contribution is 9.10. The lowest BCUT2D eigenvalue weighted by atomic mass is 9.81. The van der Waals surface area contributed by atoms with Crippen molar-refractivity contribution < 1.29 is 13.9 Å². The van der Waals surface area contributed by atoms with Gasteiger partial charge in [0.05, 0.1) is 10.4 Å². The molecule has 6 heteroatoms. The van der Waals surface area contributed by atoms with Crippen molar-refractivity contribution in [3.63, 3.8) is 0 Å². The van der Waals surface area contributed by atoms with Crippen molar-refractivity contribution >= 4 is 21.7 Å². The molecule has 4 nitrogen and oxygen atoms in total. The Morgan fingerprint density at radius 1 is 1.52 bits per heavy atom. The Hall–Kier alpha value is -2.13. The van der Waals surface area contributed by atoms with Gasteiger partial charge < -0.3 is 10.5 Å². The molecule has 2 N–H and O–H groups in total. The van der Waals surface area contributed by atoms with Gasteiger partial charge in [-0.1, -0.05) is 6.07 Å². The van der Waals surface area contributed by atoms with Crippen LogP contribution in [0.2, 0.25) is 0 Å². The number of ketones is 1. The molecular weight excluding hydrogens is 339 g/mol. The monoisotopic (exact) mass is 350 g/mol. The van der Waals surface area contributed by atoms with Crippen LogP contribution in [-0.4, -0.2) is 5.78 Å². The van der Waals surface area contributed by atoms with Crippen molar-refractivity contribution in [1.82, 2.24) is 0 Å². The molecule has 0 aliphatic carbocycles. The normalized spacial score (nSPS) is 18.3. The van der Waals surface area contributed by atoms with E-state index in [1.807, 2.05) is 6.07 Å². The Kier molecular flexibility index (Phi) is 4.14. The van der Waals surface area contributed by atoms with Gasteiger partial charge in [0.2, 0.25) is 5.88 Å². The third kappa shape index (κ3) is 2.69. The van der Waals surface area contributed by atoms with E-state index < -0.39 is 11.7 Å². The van der Waals surface area contributed by atoms with Crippen LogP contribution >= 0.6 is 15.9 Å². The van der Waals surface area contributed by atoms with Gasteiger partial charge in [-0.25, -0.2) is 4.39 Å². The summed E-state index contributed by atoms with van der Waals surface area (Å²) in [6.07, 6.45) is 0. The molecule has 1 aromatic carbocycles. The Balaban J connectivity index is 2.68. The van der Waals surface area contributed by atoms with Crippen LogP contribution in [0, 0.1) is 17.1 Å². The summed E-state index contributed by atoms with van der Waals surface area (Å²) in [5.41, 5.74) is 6.82. The van der Waals surface area contributed by atoms with E-state index in [2.05, 4.69) is 15.9 Å². The molecule has 0 amide bonds. The molecule has 1 aliphatic rings. The van der Waals surface area contributed by atoms with Crippen LogP contribution in [0.15, 0.2) is 45.5 Å². The van der Waals surface area contributed by atoms with Gasteiger partial charge in [0, 0.05) is 5.57 Å². The van der Waals surface area contributed by atoms with E-state index in [0.29, 0.717) is 16.9 Å². The number of carbonyl (C=O) groups is 1. The smallest absolute Gasteiger partial charge is 0.205 e. The van der Waals surface area contributed by atoms with Crippen LogP contribution < -0.4 is 5.73 Å². The molecule has 1 atom stereocenters. The topological polar surface area (TPSA) is 76.1 Å². The number of halogens is 2. The number of nitrogens with two attached hydrogens (primary N) is 1. The minimum Gasteiger partial charge on any atom is -0.445 e. The van der Waals surface area contributed by atoms with Crippen LogP contribution in [0.25, 0.3) is 0 Å². The summed E-state index contributed by atoms with van der Waals surface area (Å²) in [4.78, 5) is 11.9. The van der Waals surface area contributed by atoms with Gasteiger partial charge in [0.15, 0.2) is 5.78 Å². The van der Waals surface area contributed by atoms with Gasteiger partial charge in [-0.05, 0) is 47.5 Å². The summed E-state index contributed by atoms with van der Waals surface area (Å²) in [7, 11) is 0. The molecule has 1 aromatic rings. The van der Waals surface area contributed by atoms with Crippen molar-refractivity contribution in [3.8, 4) is 6.07 Å². The van der Waals surface area contributed by atoms with Crippen molar-refractivity contribution in [3.05, 3.63) is 56.8 Å². The molecule has 2 rings (SSSR count). The van der Waals surface area contributed by atoms with Crippen LogP contribution in [-0.2, 0) is 9.53 Å². The summed E-state index contributed by atoms with van der Waals surface area (Å²) in [5.74, 6) is -0.988. The number of rotatable bonds is 2. The maximum atomic E-state index is 13.4. The van der Waals surface area contributed by atoms with E-state index in [1.54, 1.807) is 6.92 Å². The third-order valence-corrected chi connectivity index (χ3v) is 3.87. The van der Waals surface area contributed by atoms with E-state index in [9.17, 15) is 14.4 Å². The lowest BCUT2D eigenvalue weighted by Gasteiger charge is -2.26. The number of hydrogen-bond acceptors (Lipinski definition) is 4. The van der Waals surface area contributed by atoms with Gasteiger partial charge in [-0.15, -0.1) is 0 Å². The largest absolute Gasteiger partial charge is 0.445 e. The van der Waals surface area contributed by atoms with Crippen LogP contribution in [0.1, 0.15) is 25.3 Å². The lowest BCUT2D eigenvalue weighted by Crippen LogP contribution is -2.23. The van der Waals surface area contributed by atoms with Crippen molar-refractivity contribution in [2.75, 3.05) is 0 Å². The molecule has 0 fully saturated rings. The first-order valence-corrected chi connectivity index (χ1v) is 6.90. The molecule has 0 bridgehead atoms. The molecule has 108 valence electrons. The molecule has 1 aliphatic heterocycles. The maximum Gasteiger partial charge on any atom is 0.205 e. The fraction of sp³-hybridized carbons (Fsp3) is 0.200. The lowest BCUT2D eigenvalue weighted by molar-refractivity contribution is -0.114. The first-order valence-electron chi connectivity index (χ1n) is 6.11. The van der Waals surface area contributed by atoms with E-state index in [-0.39, 0.29) is 21.7 Å². The van der Waals surface area contributed by atoms with Crippen molar-refractivity contribution in [2.45, 2.75) is 19.8 Å². The second-order valence-corrected chi connectivity index (χ2v) is 5.48. The number of nitriles is 1. The molecule has 0 unspecified atom stereocenters. The third-order valence-electron chi connectivity index (χ3n) is 3.26. The van der Waals surface area contributed by atoms with E-state index >= 15 is 0 Å². The highest BCUT2D eigenvalue weighted by atomic mass is 79.9. The first-order chi connectivity index (χ1) is 9.86. The molecule has 0 saturated carbocycles. The zero-order valence-corrected chi connectivity index (χ0v) is 13.0. The van der Waals surface area contributed by atoms with Gasteiger partial charge in [0.25, 0.3) is 0 Å². The average molecular weight is 351 g/mol. The quantitative estimate of drug-likeness (QED) is 0.887. The summed E-state index contributed by atoms with van der Waals surface area (Å²) in [5, 5.41) is 9.32. The second kappa shape index (κ2) is 5.70. The Morgan fingerprint density at radius 2 is 2.19 bits per heavy atom. The summed E-state index contributed by atoms with van der Waals surface area (Å²) >= 11 is 3.10. The number of Topliss-reactive ketones (excluding diaryl/α,β-unsaturated/α-hetero) is 1. The molecule has 0 saturated heterocycles. The van der Waals surface area contributed by atoms with Crippen molar-refractivity contribution in [2.24, 2.45) is 5.73 Å². The zero-order valence-electron chi connectivity index (χ0n) is 11.4. The Morgan fingerprint density at radius 3 is 2.71 bits per heavy atom. The molecule has 1 heterocycles. The fourth-order valence-corrected chi connectivity index (χ4v) is 2.76. The van der Waals surface area contributed by atoms with Crippen molar-refractivity contribution in [1.29, 1.82) is 5.26 Å². The van der Waals surface area contributed by atoms with Crippen LogP contribution in [0.4, 0.5) is 4.39 Å². The van der Waals surface area contributed by atoms with Crippen LogP contribution in [0.3, 0.4) is 0 Å². The van der Waals surface area contributed by atoms with Gasteiger partial charge in [-0.2, -0.15) is 5.26 Å². The number of hydrogen-bond donors (Lipinski definition) is 1. The standard InChI is InChI=1S/C15H12BrFN2O2/c1-7(20)13-8(2)21-15(19)10(6-18)14(13)9-3-4-12(17)11(16)5-9/h3-5,14H,19H2,1-2H3/t14-/m1/s1. The SMILES string of the molecule is CC(=O)C1=C(C)OC(N)=C(C#N)[C@H]1c1ccc(F)c(Br)c1. The molecule has 21 heavy (non-hydrogen) atoms.